The standard InChI is InChI=1S/C14H32O5Si3.C10H20O4Si.C9H17ClO2Si.C8H14Cl2O2Si/c1-13(2)14(15)17-11-10-12-22(16-3,18-20(4,5)6)19-21(7,8)9;1-9(2)10(11)14-7-6-8-15(5,12-3)13-4;1-8(2)9(11)12-6-5-7-13(3,4)10;1-7(2)8(11)12-5-4-6-13(3,9)10/h1,10-12H2,2-9H3;1,6-8H2,2-5H3;1,5-7H2,2-4H3;1,4-6H2,2-3H3. The van der Waals surface area contributed by atoms with Crippen LogP contribution in [-0.4, -0.2) is 120 Å². The molecule has 0 heterocycles. The van der Waals surface area contributed by atoms with Gasteiger partial charge in [-0.1, -0.05) is 39.4 Å². The number of ether oxygens (including phenoxy) is 4. The average Bonchev–Trinajstić information content (AvgIpc) is 3.13. The Morgan fingerprint density at radius 1 is 0.429 bits per heavy atom. The maximum Gasteiger partial charge on any atom is 0.479 e. The summed E-state index contributed by atoms with van der Waals surface area (Å²) in [7, 11) is -4.88. The average molecular weight is 1060 g/mol. The van der Waals surface area contributed by atoms with Crippen molar-refractivity contribution in [3.63, 3.8) is 0 Å². The molecule has 0 N–H and O–H groups in total. The van der Waals surface area contributed by atoms with E-state index in [0.29, 0.717) is 61.2 Å². The highest BCUT2D eigenvalue weighted by Crippen LogP contribution is 2.26. The Hall–Kier alpha value is -1.19. The monoisotopic (exact) mass is 1060 g/mol. The largest absolute Gasteiger partial charge is 0.479 e. The molecule has 0 bridgehead atoms. The quantitative estimate of drug-likeness (QED) is 0.0192. The van der Waals surface area contributed by atoms with E-state index < -0.39 is 48.1 Å². The van der Waals surface area contributed by atoms with E-state index in [2.05, 4.69) is 78.7 Å². The van der Waals surface area contributed by atoms with Crippen LogP contribution >= 0.6 is 33.2 Å². The minimum absolute atomic E-state index is 0.311. The molecule has 370 valence electrons. The van der Waals surface area contributed by atoms with Gasteiger partial charge >= 0.3 is 41.2 Å². The fourth-order valence-corrected chi connectivity index (χ4v) is 18.8. The van der Waals surface area contributed by atoms with Gasteiger partial charge < -0.3 is 40.5 Å². The molecule has 0 atom stereocenters. The molecule has 22 heteroatoms. The number of hydrogen-bond acceptors (Lipinski definition) is 13. The predicted octanol–water partition coefficient (Wildman–Crippen LogP) is 11.6. The summed E-state index contributed by atoms with van der Waals surface area (Å²) in [6, 6.07) is 3.17. The molecule has 13 nitrogen and oxygen atoms in total. The van der Waals surface area contributed by atoms with Gasteiger partial charge in [-0.2, -0.15) is 11.1 Å². The van der Waals surface area contributed by atoms with E-state index in [1.165, 1.54) is 0 Å². The van der Waals surface area contributed by atoms with Gasteiger partial charge in [0.25, 0.3) is 0 Å². The van der Waals surface area contributed by atoms with Crippen molar-refractivity contribution in [3.05, 3.63) is 48.6 Å². The van der Waals surface area contributed by atoms with Crippen LogP contribution in [0.25, 0.3) is 0 Å². The smallest absolute Gasteiger partial charge is 0.462 e. The van der Waals surface area contributed by atoms with Gasteiger partial charge in [-0.25, -0.2) is 19.2 Å². The Kier molecular flexibility index (Phi) is 37.1. The van der Waals surface area contributed by atoms with Crippen molar-refractivity contribution in [1.82, 2.24) is 0 Å². The first-order valence-electron chi connectivity index (χ1n) is 20.8. The van der Waals surface area contributed by atoms with Gasteiger partial charge in [0.05, 0.1) is 26.4 Å². The maximum atomic E-state index is 11.4. The predicted molar refractivity (Wildman–Crippen MR) is 275 cm³/mol. The van der Waals surface area contributed by atoms with Crippen molar-refractivity contribution in [3.8, 4) is 0 Å². The summed E-state index contributed by atoms with van der Waals surface area (Å²) in [6.45, 7) is 40.8. The normalized spacial score (nSPS) is 11.8. The highest BCUT2D eigenvalue weighted by atomic mass is 35.7. The molecule has 0 amide bonds. The van der Waals surface area contributed by atoms with Crippen LogP contribution in [0.1, 0.15) is 53.4 Å². The fraction of sp³-hybridized carbons (Fsp3) is 0.707. The number of carbonyl (C=O) groups is 4. The summed E-state index contributed by atoms with van der Waals surface area (Å²) in [5.41, 5.74) is 1.69. The molecule has 0 fully saturated rings. The zero-order valence-electron chi connectivity index (χ0n) is 41.8. The maximum absolute atomic E-state index is 11.4. The summed E-state index contributed by atoms with van der Waals surface area (Å²) in [4.78, 5) is 44.3. The summed E-state index contributed by atoms with van der Waals surface area (Å²) in [5.74, 6) is -1.36. The van der Waals surface area contributed by atoms with Gasteiger partial charge in [0, 0.05) is 49.7 Å². The third-order valence-electron chi connectivity index (χ3n) is 7.50. The molecule has 0 spiro atoms. The van der Waals surface area contributed by atoms with E-state index in [1.807, 2.05) is 13.1 Å². The van der Waals surface area contributed by atoms with Crippen LogP contribution in [0.3, 0.4) is 0 Å². The summed E-state index contributed by atoms with van der Waals surface area (Å²) >= 11 is 17.8. The molecule has 0 radical (unpaired) electrons. The zero-order valence-corrected chi connectivity index (χ0v) is 50.0. The number of esters is 4. The highest BCUT2D eigenvalue weighted by molar-refractivity contribution is 7.44. The molecular formula is C41H83Cl3O13Si6. The molecular weight excluding hydrogens is 975 g/mol. The topological polar surface area (TPSA) is 151 Å². The van der Waals surface area contributed by atoms with Crippen LogP contribution in [-0.2, 0) is 59.6 Å². The van der Waals surface area contributed by atoms with Crippen molar-refractivity contribution < 1.29 is 59.6 Å². The van der Waals surface area contributed by atoms with Gasteiger partial charge in [0.2, 0.25) is 6.69 Å². The first-order chi connectivity index (χ1) is 28.4. The second-order valence-corrected chi connectivity index (χ2v) is 48.9. The van der Waals surface area contributed by atoms with Crippen LogP contribution in [0, 0.1) is 0 Å². The lowest BCUT2D eigenvalue weighted by Crippen LogP contribution is -2.56. The lowest BCUT2D eigenvalue weighted by atomic mass is 10.4. The lowest BCUT2D eigenvalue weighted by molar-refractivity contribution is -0.139. The van der Waals surface area contributed by atoms with Crippen LogP contribution in [0.2, 0.25) is 89.6 Å². The minimum Gasteiger partial charge on any atom is -0.462 e. The van der Waals surface area contributed by atoms with E-state index in [-0.39, 0.29) is 23.9 Å². The molecule has 0 saturated heterocycles. The van der Waals surface area contributed by atoms with Crippen molar-refractivity contribution >= 4 is 105 Å². The fourth-order valence-electron chi connectivity index (χ4n) is 4.24. The van der Waals surface area contributed by atoms with E-state index >= 15 is 0 Å². The van der Waals surface area contributed by atoms with Crippen LogP contribution < -0.4 is 0 Å². The van der Waals surface area contributed by atoms with Crippen molar-refractivity contribution in [2.45, 2.75) is 143 Å². The third kappa shape index (κ3) is 45.7. The van der Waals surface area contributed by atoms with Gasteiger partial charge in [-0.3, -0.25) is 0 Å². The van der Waals surface area contributed by atoms with Gasteiger partial charge in [-0.15, -0.1) is 22.2 Å². The van der Waals surface area contributed by atoms with E-state index in [4.69, 9.17) is 73.7 Å². The SMILES string of the molecule is C=C(C)C(=O)OCCC[Si](C)(C)Cl.C=C(C)C(=O)OCCC[Si](C)(Cl)Cl.C=C(C)C(=O)OCCC[Si](C)(OC)OC.C=C(C)C(=O)OCCC[Si](OC)(O[Si](C)(C)C)O[Si](C)(C)C. The summed E-state index contributed by atoms with van der Waals surface area (Å²) < 4.78 is 48.9. The molecule has 0 aromatic carbocycles. The molecule has 0 aliphatic rings. The van der Waals surface area contributed by atoms with E-state index in [9.17, 15) is 19.2 Å². The minimum atomic E-state index is -2.73. The number of carbonyl (C=O) groups excluding carboxylic acids is 4. The van der Waals surface area contributed by atoms with Crippen LogP contribution in [0.4, 0.5) is 0 Å². The van der Waals surface area contributed by atoms with Gasteiger partial charge in [0.1, 0.15) is 0 Å². The van der Waals surface area contributed by atoms with Gasteiger partial charge in [-0.05, 0) is 124 Å². The second-order valence-electron chi connectivity index (χ2n) is 17.7. The molecule has 0 aromatic heterocycles. The lowest BCUT2D eigenvalue weighted by Gasteiger charge is -2.38. The number of hydrogen-bond donors (Lipinski definition) is 0. The number of rotatable bonds is 27. The molecule has 0 saturated carbocycles. The van der Waals surface area contributed by atoms with Crippen LogP contribution in [0.15, 0.2) is 48.6 Å². The van der Waals surface area contributed by atoms with Crippen molar-refractivity contribution in [2.75, 3.05) is 47.8 Å². The molecule has 63 heavy (non-hydrogen) atoms. The summed E-state index contributed by atoms with van der Waals surface area (Å²) in [6.07, 6.45) is 2.98. The van der Waals surface area contributed by atoms with Crippen molar-refractivity contribution in [2.24, 2.45) is 0 Å². The third-order valence-corrected chi connectivity index (χ3v) is 23.9. The van der Waals surface area contributed by atoms with E-state index in [1.54, 1.807) is 49.0 Å². The Labute approximate surface area is 401 Å². The molecule has 0 unspecified atom stereocenters. The molecule has 0 aromatic rings. The first kappa shape index (κ1) is 68.4. The second kappa shape index (κ2) is 34.2. The zero-order chi connectivity index (χ0) is 50.5. The molecule has 0 aliphatic heterocycles. The van der Waals surface area contributed by atoms with E-state index in [0.717, 1.165) is 37.4 Å². The van der Waals surface area contributed by atoms with Crippen LogP contribution in [0.5, 0.6) is 0 Å². The van der Waals surface area contributed by atoms with Crippen molar-refractivity contribution in [1.29, 1.82) is 0 Å². The first-order valence-corrected chi connectivity index (χ1v) is 41.1. The Bertz CT molecular complexity index is 1360. The summed E-state index contributed by atoms with van der Waals surface area (Å²) in [5, 5.41) is 0. The number of halogens is 3. The molecule has 0 rings (SSSR count). The van der Waals surface area contributed by atoms with Gasteiger partial charge in [0.15, 0.2) is 24.0 Å². The molecule has 0 aliphatic carbocycles. The highest BCUT2D eigenvalue weighted by Gasteiger charge is 2.46. The Balaban J connectivity index is -0.000000379. The Morgan fingerprint density at radius 3 is 0.921 bits per heavy atom. The Morgan fingerprint density at radius 2 is 0.698 bits per heavy atom.